The molecule has 4 nitrogen and oxygen atoms in total. The Hall–Kier alpha value is -1.52. The minimum absolute atomic E-state index is 0.166. The number of carbonyl (C=O) groups is 1. The molecule has 1 aromatic heterocycles. The summed E-state index contributed by atoms with van der Waals surface area (Å²) in [5.41, 5.74) is 1.45. The van der Waals surface area contributed by atoms with Gasteiger partial charge in [-0.15, -0.1) is 0 Å². The van der Waals surface area contributed by atoms with Crippen LogP contribution in [-0.4, -0.2) is 15.7 Å². The van der Waals surface area contributed by atoms with Crippen molar-refractivity contribution in [1.82, 2.24) is 9.78 Å². The average Bonchev–Trinajstić information content (AvgIpc) is 2.58. The number of rotatable bonds is 2. The number of carbonyl (C=O) groups excluding carboxylic acids is 1. The molecule has 0 aliphatic carbocycles. The van der Waals surface area contributed by atoms with Gasteiger partial charge in [-0.05, 0) is 25.1 Å². The lowest BCUT2D eigenvalue weighted by Crippen LogP contribution is -2.11. The van der Waals surface area contributed by atoms with Gasteiger partial charge in [0.1, 0.15) is 5.82 Å². The highest BCUT2D eigenvalue weighted by atomic mass is 35.5. The second kappa shape index (κ2) is 5.00. The molecule has 2 aromatic rings. The van der Waals surface area contributed by atoms with Crippen LogP contribution in [0, 0.1) is 6.92 Å². The number of halogens is 2. The summed E-state index contributed by atoms with van der Waals surface area (Å²) in [7, 11) is 0. The molecule has 2 rings (SSSR count). The van der Waals surface area contributed by atoms with E-state index in [0.29, 0.717) is 21.6 Å². The predicted octanol–water partition coefficient (Wildman–Crippen LogP) is 3.45. The Balaban J connectivity index is 2.52. The molecule has 1 amide bonds. The zero-order valence-electron chi connectivity index (χ0n) is 9.87. The fourth-order valence-electron chi connectivity index (χ4n) is 1.61. The summed E-state index contributed by atoms with van der Waals surface area (Å²) in [5.74, 6) is 0.408. The SMILES string of the molecule is CC(=O)Nc1cc(C)nn1-c1ccc(Cl)cc1Cl. The molecule has 6 heteroatoms. The van der Waals surface area contributed by atoms with Crippen LogP contribution in [0.15, 0.2) is 24.3 Å². The van der Waals surface area contributed by atoms with Crippen molar-refractivity contribution in [2.24, 2.45) is 0 Å². The first-order valence-corrected chi connectivity index (χ1v) is 6.02. The topological polar surface area (TPSA) is 46.9 Å². The number of hydrogen-bond donors (Lipinski definition) is 1. The maximum Gasteiger partial charge on any atom is 0.222 e. The minimum atomic E-state index is -0.166. The molecular weight excluding hydrogens is 273 g/mol. The van der Waals surface area contributed by atoms with Crippen LogP contribution >= 0.6 is 23.2 Å². The average molecular weight is 284 g/mol. The summed E-state index contributed by atoms with van der Waals surface area (Å²) in [5, 5.41) is 8.02. The largest absolute Gasteiger partial charge is 0.311 e. The number of anilines is 1. The van der Waals surface area contributed by atoms with Gasteiger partial charge in [0.25, 0.3) is 0 Å². The highest BCUT2D eigenvalue weighted by Gasteiger charge is 2.11. The third-order valence-electron chi connectivity index (χ3n) is 2.27. The predicted molar refractivity (Wildman–Crippen MR) is 72.6 cm³/mol. The molecule has 0 bridgehead atoms. The number of nitrogens with zero attached hydrogens (tertiary/aromatic N) is 2. The number of amides is 1. The highest BCUT2D eigenvalue weighted by molar-refractivity contribution is 6.35. The van der Waals surface area contributed by atoms with Gasteiger partial charge in [-0.3, -0.25) is 4.79 Å². The number of aromatic nitrogens is 2. The van der Waals surface area contributed by atoms with Crippen LogP contribution < -0.4 is 5.32 Å². The van der Waals surface area contributed by atoms with Gasteiger partial charge in [-0.1, -0.05) is 23.2 Å². The Kier molecular flexibility index (Phi) is 3.59. The second-order valence-electron chi connectivity index (χ2n) is 3.86. The van der Waals surface area contributed by atoms with E-state index in [1.54, 1.807) is 28.9 Å². The zero-order valence-corrected chi connectivity index (χ0v) is 11.4. The van der Waals surface area contributed by atoms with E-state index >= 15 is 0 Å². The Bertz CT molecular complexity index is 607. The molecule has 0 radical (unpaired) electrons. The lowest BCUT2D eigenvalue weighted by molar-refractivity contribution is -0.114. The number of nitrogens with one attached hydrogen (secondary N) is 1. The van der Waals surface area contributed by atoms with Crippen molar-refractivity contribution < 1.29 is 4.79 Å². The first-order chi connectivity index (χ1) is 8.47. The number of hydrogen-bond acceptors (Lipinski definition) is 2. The van der Waals surface area contributed by atoms with Crippen molar-refractivity contribution in [1.29, 1.82) is 0 Å². The summed E-state index contributed by atoms with van der Waals surface area (Å²) in [4.78, 5) is 11.1. The van der Waals surface area contributed by atoms with Crippen molar-refractivity contribution in [3.63, 3.8) is 0 Å². The van der Waals surface area contributed by atoms with Crippen molar-refractivity contribution in [3.05, 3.63) is 40.0 Å². The quantitative estimate of drug-likeness (QED) is 0.918. The van der Waals surface area contributed by atoms with Crippen LogP contribution in [0.1, 0.15) is 12.6 Å². The first-order valence-electron chi connectivity index (χ1n) is 5.27. The van der Waals surface area contributed by atoms with Crippen LogP contribution in [0.2, 0.25) is 10.0 Å². The molecule has 0 atom stereocenters. The fourth-order valence-corrected chi connectivity index (χ4v) is 2.09. The van der Waals surface area contributed by atoms with Gasteiger partial charge in [-0.25, -0.2) is 4.68 Å². The molecule has 1 N–H and O–H groups in total. The normalized spacial score (nSPS) is 10.4. The van der Waals surface area contributed by atoms with Gasteiger partial charge < -0.3 is 5.32 Å². The van der Waals surface area contributed by atoms with E-state index in [0.717, 1.165) is 5.69 Å². The van der Waals surface area contributed by atoms with Gasteiger partial charge in [0.05, 0.1) is 16.4 Å². The minimum Gasteiger partial charge on any atom is -0.311 e. The van der Waals surface area contributed by atoms with Gasteiger partial charge >= 0.3 is 0 Å². The lowest BCUT2D eigenvalue weighted by atomic mass is 10.3. The molecule has 0 fully saturated rings. The molecule has 0 unspecified atom stereocenters. The third kappa shape index (κ3) is 2.66. The van der Waals surface area contributed by atoms with Crippen LogP contribution in [0.25, 0.3) is 5.69 Å². The van der Waals surface area contributed by atoms with Crippen LogP contribution in [0.4, 0.5) is 5.82 Å². The molecule has 1 aromatic carbocycles. The van der Waals surface area contributed by atoms with Crippen molar-refractivity contribution in [2.45, 2.75) is 13.8 Å². The number of aryl methyl sites for hydroxylation is 1. The standard InChI is InChI=1S/C12H11Cl2N3O/c1-7-5-12(15-8(2)18)17(16-7)11-4-3-9(13)6-10(11)14/h3-6H,1-2H3,(H,15,18). The maximum absolute atomic E-state index is 11.1. The summed E-state index contributed by atoms with van der Waals surface area (Å²) in [6, 6.07) is 6.87. The Labute approximate surface area is 115 Å². The van der Waals surface area contributed by atoms with Crippen molar-refractivity contribution in [3.8, 4) is 5.69 Å². The van der Waals surface area contributed by atoms with E-state index in [-0.39, 0.29) is 5.91 Å². The first kappa shape index (κ1) is 12.9. The van der Waals surface area contributed by atoms with Gasteiger partial charge in [0, 0.05) is 18.0 Å². The van der Waals surface area contributed by atoms with E-state index in [4.69, 9.17) is 23.2 Å². The molecule has 1 heterocycles. The van der Waals surface area contributed by atoms with E-state index in [1.165, 1.54) is 6.92 Å². The Morgan fingerprint density at radius 2 is 2.06 bits per heavy atom. The molecule has 18 heavy (non-hydrogen) atoms. The Morgan fingerprint density at radius 3 is 2.67 bits per heavy atom. The van der Waals surface area contributed by atoms with Gasteiger partial charge in [-0.2, -0.15) is 5.10 Å². The van der Waals surface area contributed by atoms with E-state index < -0.39 is 0 Å². The van der Waals surface area contributed by atoms with E-state index in [2.05, 4.69) is 10.4 Å². The lowest BCUT2D eigenvalue weighted by Gasteiger charge is -2.09. The van der Waals surface area contributed by atoms with E-state index in [1.807, 2.05) is 6.92 Å². The van der Waals surface area contributed by atoms with Crippen molar-refractivity contribution in [2.75, 3.05) is 5.32 Å². The maximum atomic E-state index is 11.1. The van der Waals surface area contributed by atoms with Crippen LogP contribution in [0.5, 0.6) is 0 Å². The van der Waals surface area contributed by atoms with Gasteiger partial charge in [0.2, 0.25) is 5.91 Å². The monoisotopic (exact) mass is 283 g/mol. The fraction of sp³-hybridized carbons (Fsp3) is 0.167. The van der Waals surface area contributed by atoms with E-state index in [9.17, 15) is 4.79 Å². The summed E-state index contributed by atoms with van der Waals surface area (Å²) in [6.07, 6.45) is 0. The Morgan fingerprint density at radius 1 is 1.33 bits per heavy atom. The number of benzene rings is 1. The molecule has 0 aliphatic rings. The zero-order chi connectivity index (χ0) is 13.3. The second-order valence-corrected chi connectivity index (χ2v) is 4.70. The van der Waals surface area contributed by atoms with Crippen LogP contribution in [-0.2, 0) is 4.79 Å². The molecule has 94 valence electrons. The van der Waals surface area contributed by atoms with Crippen molar-refractivity contribution >= 4 is 34.9 Å². The van der Waals surface area contributed by atoms with Gasteiger partial charge in [0.15, 0.2) is 0 Å². The molecule has 0 spiro atoms. The highest BCUT2D eigenvalue weighted by Crippen LogP contribution is 2.27. The molecule has 0 saturated heterocycles. The summed E-state index contributed by atoms with van der Waals surface area (Å²) in [6.45, 7) is 3.28. The molecule has 0 saturated carbocycles. The molecule has 0 aliphatic heterocycles. The van der Waals surface area contributed by atoms with Crippen LogP contribution in [0.3, 0.4) is 0 Å². The summed E-state index contributed by atoms with van der Waals surface area (Å²) >= 11 is 12.0. The molecular formula is C12H11Cl2N3O. The third-order valence-corrected chi connectivity index (χ3v) is 2.81. The smallest absolute Gasteiger partial charge is 0.222 e. The summed E-state index contributed by atoms with van der Waals surface area (Å²) < 4.78 is 1.58.